The van der Waals surface area contributed by atoms with Gasteiger partial charge >= 0.3 is 5.97 Å². The van der Waals surface area contributed by atoms with Crippen LogP contribution in [0.1, 0.15) is 13.3 Å². The van der Waals surface area contributed by atoms with Crippen molar-refractivity contribution in [3.8, 4) is 0 Å². The van der Waals surface area contributed by atoms with Crippen molar-refractivity contribution in [2.75, 3.05) is 18.5 Å². The molecule has 24 heavy (non-hydrogen) atoms. The Morgan fingerprint density at radius 1 is 1.21 bits per heavy atom. The number of halogens is 3. The summed E-state index contributed by atoms with van der Waals surface area (Å²) in [4.78, 5) is 35.0. The number of amides is 2. The third-order valence-electron chi connectivity index (χ3n) is 3.62. The van der Waals surface area contributed by atoms with Crippen LogP contribution in [0.4, 0.5) is 10.1 Å². The van der Waals surface area contributed by atoms with Crippen molar-refractivity contribution < 1.29 is 23.5 Å². The molecular weight excluding hydrogens is 362 g/mol. The lowest BCUT2D eigenvalue weighted by atomic mass is 10.1. The molecule has 0 unspecified atom stereocenters. The first-order valence-corrected chi connectivity index (χ1v) is 7.77. The predicted octanol–water partition coefficient (Wildman–Crippen LogP) is 2.01. The van der Waals surface area contributed by atoms with E-state index in [-0.39, 0.29) is 13.0 Å². The molecule has 0 bridgehead atoms. The summed E-state index contributed by atoms with van der Waals surface area (Å²) in [6, 6.07) is 5.16. The zero-order chi connectivity index (χ0) is 18.0. The van der Waals surface area contributed by atoms with Crippen LogP contribution in [-0.2, 0) is 19.1 Å². The minimum atomic E-state index is -1.17. The van der Waals surface area contributed by atoms with Gasteiger partial charge in [0.25, 0.3) is 5.91 Å². The standard InChI is InChI=1S/C15H15Cl2FN2O4/c1-14(8-15(14,16)17)13(23)24-7-12(22)19-6-11(21)20-10-4-2-9(18)3-5-10/h2-5H,6-8H2,1H3,(H,19,22)(H,20,21)/t14-/m0/s1. The van der Waals surface area contributed by atoms with Crippen LogP contribution in [0.5, 0.6) is 0 Å². The number of esters is 1. The van der Waals surface area contributed by atoms with E-state index in [1.165, 1.54) is 24.3 Å². The summed E-state index contributed by atoms with van der Waals surface area (Å²) < 4.78 is 16.4. The smallest absolute Gasteiger partial charge is 0.315 e. The maximum atomic E-state index is 12.7. The number of benzene rings is 1. The molecule has 6 nitrogen and oxygen atoms in total. The number of alkyl halides is 2. The van der Waals surface area contributed by atoms with Crippen molar-refractivity contribution >= 4 is 46.7 Å². The summed E-state index contributed by atoms with van der Waals surface area (Å²) in [7, 11) is 0. The highest BCUT2D eigenvalue weighted by atomic mass is 35.5. The molecule has 0 spiro atoms. The first-order valence-electron chi connectivity index (χ1n) is 7.01. The number of nitrogens with one attached hydrogen (secondary N) is 2. The zero-order valence-corrected chi connectivity index (χ0v) is 14.2. The largest absolute Gasteiger partial charge is 0.455 e. The molecule has 130 valence electrons. The second-order valence-electron chi connectivity index (χ2n) is 5.62. The minimum absolute atomic E-state index is 0.254. The van der Waals surface area contributed by atoms with Gasteiger partial charge in [-0.15, -0.1) is 23.2 Å². The summed E-state index contributed by atoms with van der Waals surface area (Å²) in [6.45, 7) is 0.686. The highest BCUT2D eigenvalue weighted by molar-refractivity contribution is 6.53. The van der Waals surface area contributed by atoms with E-state index in [1.807, 2.05) is 0 Å². The highest BCUT2D eigenvalue weighted by Gasteiger charge is 2.69. The summed E-state index contributed by atoms with van der Waals surface area (Å²) in [5, 5.41) is 4.77. The molecule has 1 fully saturated rings. The number of carbonyl (C=O) groups is 3. The van der Waals surface area contributed by atoms with E-state index in [1.54, 1.807) is 6.92 Å². The molecular formula is C15H15Cl2FN2O4. The molecule has 0 aromatic heterocycles. The fourth-order valence-corrected chi connectivity index (χ4v) is 2.57. The Morgan fingerprint density at radius 3 is 2.33 bits per heavy atom. The van der Waals surface area contributed by atoms with Crippen molar-refractivity contribution in [2.45, 2.75) is 17.7 Å². The van der Waals surface area contributed by atoms with E-state index in [0.717, 1.165) is 0 Å². The van der Waals surface area contributed by atoms with Crippen LogP contribution in [-0.4, -0.2) is 35.3 Å². The fraction of sp³-hybridized carbons (Fsp3) is 0.400. The highest BCUT2D eigenvalue weighted by Crippen LogP contribution is 2.64. The van der Waals surface area contributed by atoms with E-state index in [0.29, 0.717) is 5.69 Å². The van der Waals surface area contributed by atoms with Gasteiger partial charge in [0.05, 0.1) is 6.54 Å². The Bertz CT molecular complexity index is 666. The van der Waals surface area contributed by atoms with Crippen LogP contribution in [0, 0.1) is 11.2 Å². The number of carbonyl (C=O) groups excluding carboxylic acids is 3. The quantitative estimate of drug-likeness (QED) is 0.587. The van der Waals surface area contributed by atoms with Crippen LogP contribution in [0.25, 0.3) is 0 Å². The lowest BCUT2D eigenvalue weighted by molar-refractivity contribution is -0.153. The van der Waals surface area contributed by atoms with Gasteiger partial charge in [-0.05, 0) is 31.2 Å². The third kappa shape index (κ3) is 4.36. The molecule has 1 aliphatic carbocycles. The van der Waals surface area contributed by atoms with Crippen molar-refractivity contribution in [1.29, 1.82) is 0 Å². The average molecular weight is 377 g/mol. The molecule has 1 aliphatic rings. The summed E-state index contributed by atoms with van der Waals surface area (Å²) in [5.41, 5.74) is -0.625. The second kappa shape index (κ2) is 6.94. The van der Waals surface area contributed by atoms with Gasteiger partial charge in [0, 0.05) is 12.1 Å². The van der Waals surface area contributed by atoms with Crippen LogP contribution < -0.4 is 10.6 Å². The predicted molar refractivity (Wildman–Crippen MR) is 86.2 cm³/mol. The van der Waals surface area contributed by atoms with Gasteiger partial charge in [-0.2, -0.15) is 0 Å². The first-order chi connectivity index (χ1) is 11.1. The molecule has 0 heterocycles. The van der Waals surface area contributed by atoms with Crippen molar-refractivity contribution in [3.05, 3.63) is 30.1 Å². The Hall–Kier alpha value is -1.86. The molecule has 9 heteroatoms. The first kappa shape index (κ1) is 18.5. The molecule has 1 aromatic rings. The number of anilines is 1. The van der Waals surface area contributed by atoms with E-state index >= 15 is 0 Å². The maximum Gasteiger partial charge on any atom is 0.315 e. The normalized spacial score (nSPS) is 20.8. The van der Waals surface area contributed by atoms with E-state index in [2.05, 4.69) is 10.6 Å². The Morgan fingerprint density at radius 2 is 1.79 bits per heavy atom. The minimum Gasteiger partial charge on any atom is -0.455 e. The average Bonchev–Trinajstić information content (AvgIpc) is 3.05. The topological polar surface area (TPSA) is 84.5 Å². The summed E-state index contributed by atoms with van der Waals surface area (Å²) in [5.74, 6) is -2.24. The lowest BCUT2D eigenvalue weighted by Gasteiger charge is -2.12. The number of hydrogen-bond donors (Lipinski definition) is 2. The van der Waals surface area contributed by atoms with Gasteiger partial charge in [-0.25, -0.2) is 4.39 Å². The summed E-state index contributed by atoms with van der Waals surface area (Å²) >= 11 is 11.7. The Balaban J connectivity index is 1.68. The zero-order valence-electron chi connectivity index (χ0n) is 12.7. The van der Waals surface area contributed by atoms with Crippen LogP contribution >= 0.6 is 23.2 Å². The van der Waals surface area contributed by atoms with Crippen molar-refractivity contribution in [2.24, 2.45) is 5.41 Å². The van der Waals surface area contributed by atoms with E-state index in [9.17, 15) is 18.8 Å². The van der Waals surface area contributed by atoms with Crippen LogP contribution in [0.2, 0.25) is 0 Å². The van der Waals surface area contributed by atoms with Crippen molar-refractivity contribution in [1.82, 2.24) is 5.32 Å². The van der Waals surface area contributed by atoms with Crippen molar-refractivity contribution in [3.63, 3.8) is 0 Å². The third-order valence-corrected chi connectivity index (χ3v) is 4.72. The molecule has 1 aromatic carbocycles. The number of rotatable bonds is 6. The van der Waals surface area contributed by atoms with Gasteiger partial charge < -0.3 is 15.4 Å². The molecule has 2 rings (SSSR count). The molecule has 0 saturated heterocycles. The summed E-state index contributed by atoms with van der Waals surface area (Å²) in [6.07, 6.45) is 0.254. The molecule has 0 aliphatic heterocycles. The monoisotopic (exact) mass is 376 g/mol. The molecule has 2 N–H and O–H groups in total. The number of ether oxygens (including phenoxy) is 1. The fourth-order valence-electron chi connectivity index (χ4n) is 1.88. The van der Waals surface area contributed by atoms with Gasteiger partial charge in [0.2, 0.25) is 5.91 Å². The van der Waals surface area contributed by atoms with Gasteiger partial charge in [0.15, 0.2) is 6.61 Å². The Kier molecular flexibility index (Phi) is 5.35. The molecule has 1 atom stereocenters. The van der Waals surface area contributed by atoms with Crippen LogP contribution in [0.15, 0.2) is 24.3 Å². The van der Waals surface area contributed by atoms with Crippen LogP contribution in [0.3, 0.4) is 0 Å². The number of hydrogen-bond acceptors (Lipinski definition) is 4. The van der Waals surface area contributed by atoms with Gasteiger partial charge in [0.1, 0.15) is 15.6 Å². The Labute approximate surface area is 147 Å². The maximum absolute atomic E-state index is 12.7. The van der Waals surface area contributed by atoms with E-state index in [4.69, 9.17) is 27.9 Å². The molecule has 1 saturated carbocycles. The van der Waals surface area contributed by atoms with E-state index < -0.39 is 40.0 Å². The van der Waals surface area contributed by atoms with Gasteiger partial charge in [-0.1, -0.05) is 0 Å². The second-order valence-corrected chi connectivity index (χ2v) is 7.11. The SMILES string of the molecule is C[C@@]1(C(=O)OCC(=O)NCC(=O)Nc2ccc(F)cc2)CC1(Cl)Cl. The van der Waals surface area contributed by atoms with Gasteiger partial charge in [-0.3, -0.25) is 14.4 Å². The molecule has 2 amide bonds. The lowest BCUT2D eigenvalue weighted by Crippen LogP contribution is -2.36. The molecule has 0 radical (unpaired) electrons.